The lowest BCUT2D eigenvalue weighted by molar-refractivity contribution is 0.0524. The van der Waals surface area contributed by atoms with Crippen LogP contribution in [0.1, 0.15) is 41.4 Å². The van der Waals surface area contributed by atoms with E-state index in [2.05, 4.69) is 5.32 Å². The van der Waals surface area contributed by atoms with Crippen LogP contribution in [0.15, 0.2) is 29.1 Å². The van der Waals surface area contributed by atoms with Crippen LogP contribution in [-0.4, -0.2) is 17.1 Å². The van der Waals surface area contributed by atoms with Gasteiger partial charge >= 0.3 is 5.97 Å². The van der Waals surface area contributed by atoms with Crippen molar-refractivity contribution >= 4 is 17.3 Å². The molecule has 1 aromatic heterocycles. The van der Waals surface area contributed by atoms with Gasteiger partial charge in [-0.15, -0.1) is 0 Å². The van der Waals surface area contributed by atoms with Crippen molar-refractivity contribution in [3.05, 3.63) is 57.3 Å². The Labute approximate surface area is 145 Å². The molecule has 1 N–H and O–H groups in total. The van der Waals surface area contributed by atoms with Crippen LogP contribution in [-0.2, 0) is 17.7 Å². The van der Waals surface area contributed by atoms with Gasteiger partial charge in [0.15, 0.2) is 0 Å². The molecular weight excluding hydrogens is 323 g/mol. The molecule has 0 saturated heterocycles. The van der Waals surface area contributed by atoms with Crippen LogP contribution in [0.25, 0.3) is 0 Å². The summed E-state index contributed by atoms with van der Waals surface area (Å²) in [6, 6.07) is 6.11. The molecule has 6 heteroatoms. The molecule has 132 valence electrons. The third-order valence-corrected chi connectivity index (χ3v) is 4.34. The van der Waals surface area contributed by atoms with Crippen LogP contribution in [0.4, 0.5) is 15.8 Å². The highest BCUT2D eigenvalue weighted by molar-refractivity contribution is 5.97. The average Bonchev–Trinajstić information content (AvgIpc) is 2.58. The maximum atomic E-state index is 14.2. The van der Waals surface area contributed by atoms with E-state index in [1.807, 2.05) is 0 Å². The van der Waals surface area contributed by atoms with E-state index < -0.39 is 11.8 Å². The van der Waals surface area contributed by atoms with Crippen molar-refractivity contribution < 1.29 is 13.9 Å². The van der Waals surface area contributed by atoms with Crippen LogP contribution in [0, 0.1) is 12.7 Å². The van der Waals surface area contributed by atoms with Crippen molar-refractivity contribution in [1.29, 1.82) is 0 Å². The fourth-order valence-corrected chi connectivity index (χ4v) is 3.16. The fraction of sp³-hybridized carbons (Fsp3) is 0.368. The summed E-state index contributed by atoms with van der Waals surface area (Å²) >= 11 is 0. The first-order valence-corrected chi connectivity index (χ1v) is 8.48. The minimum Gasteiger partial charge on any atom is -0.462 e. The van der Waals surface area contributed by atoms with E-state index in [1.165, 1.54) is 12.1 Å². The van der Waals surface area contributed by atoms with Crippen LogP contribution < -0.4 is 10.9 Å². The average molecular weight is 344 g/mol. The number of hydrogen-bond donors (Lipinski definition) is 1. The highest BCUT2D eigenvalue weighted by Gasteiger charge is 2.24. The van der Waals surface area contributed by atoms with E-state index in [-0.39, 0.29) is 17.9 Å². The number of aryl methyl sites for hydroxylation is 1. The van der Waals surface area contributed by atoms with Crippen molar-refractivity contribution in [2.45, 2.75) is 39.7 Å². The maximum Gasteiger partial charge on any atom is 0.342 e. The smallest absolute Gasteiger partial charge is 0.342 e. The Hall–Kier alpha value is -2.63. The molecule has 0 amide bonds. The molecule has 0 radical (unpaired) electrons. The topological polar surface area (TPSA) is 60.3 Å². The molecule has 1 aliphatic heterocycles. The van der Waals surface area contributed by atoms with E-state index in [0.29, 0.717) is 29.9 Å². The summed E-state index contributed by atoms with van der Waals surface area (Å²) in [6.07, 6.45) is 2.41. The minimum atomic E-state index is -0.497. The van der Waals surface area contributed by atoms with Crippen molar-refractivity contribution in [3.63, 3.8) is 0 Å². The number of carbonyl (C=O) groups excluding carboxylic acids is 1. The van der Waals surface area contributed by atoms with Gasteiger partial charge in [-0.3, -0.25) is 4.79 Å². The maximum absolute atomic E-state index is 14.2. The molecule has 1 aromatic carbocycles. The third-order valence-electron chi connectivity index (χ3n) is 4.34. The number of benzene rings is 1. The highest BCUT2D eigenvalue weighted by atomic mass is 19.1. The van der Waals surface area contributed by atoms with E-state index in [9.17, 15) is 14.0 Å². The Morgan fingerprint density at radius 1 is 1.28 bits per heavy atom. The first kappa shape index (κ1) is 17.2. The van der Waals surface area contributed by atoms with E-state index in [0.717, 1.165) is 18.4 Å². The van der Waals surface area contributed by atoms with E-state index in [1.54, 1.807) is 30.5 Å². The van der Waals surface area contributed by atoms with Crippen LogP contribution >= 0.6 is 0 Å². The van der Waals surface area contributed by atoms with Crippen LogP contribution in [0.3, 0.4) is 0 Å². The molecule has 0 saturated carbocycles. The Bertz CT molecular complexity index is 874. The first-order chi connectivity index (χ1) is 12.0. The fourth-order valence-electron chi connectivity index (χ4n) is 3.16. The molecule has 2 aromatic rings. The predicted molar refractivity (Wildman–Crippen MR) is 94.0 cm³/mol. The zero-order valence-electron chi connectivity index (χ0n) is 14.4. The number of anilines is 2. The van der Waals surface area contributed by atoms with Gasteiger partial charge in [0.05, 0.1) is 18.0 Å². The Morgan fingerprint density at radius 2 is 2.08 bits per heavy atom. The molecule has 1 aliphatic rings. The number of rotatable bonds is 4. The number of nitrogens with zero attached hydrogens (tertiary/aromatic N) is 1. The summed E-state index contributed by atoms with van der Waals surface area (Å²) in [5.41, 5.74) is 2.08. The number of hydrogen-bond acceptors (Lipinski definition) is 4. The second kappa shape index (κ2) is 7.09. The Kier molecular flexibility index (Phi) is 4.88. The number of esters is 1. The number of halogens is 1. The van der Waals surface area contributed by atoms with Gasteiger partial charge in [-0.2, -0.15) is 0 Å². The predicted octanol–water partition coefficient (Wildman–Crippen LogP) is 3.55. The van der Waals surface area contributed by atoms with Gasteiger partial charge in [0.25, 0.3) is 5.56 Å². The second-order valence-electron chi connectivity index (χ2n) is 6.16. The molecule has 0 fully saturated rings. The summed E-state index contributed by atoms with van der Waals surface area (Å²) in [6.45, 7) is 4.34. The monoisotopic (exact) mass is 344 g/mol. The quantitative estimate of drug-likeness (QED) is 0.862. The first-order valence-electron chi connectivity index (χ1n) is 8.48. The Balaban J connectivity index is 2.12. The summed E-state index contributed by atoms with van der Waals surface area (Å²) in [7, 11) is 0. The largest absolute Gasteiger partial charge is 0.462 e. The molecule has 0 spiro atoms. The summed E-state index contributed by atoms with van der Waals surface area (Å²) in [4.78, 5) is 24.9. The highest BCUT2D eigenvalue weighted by Crippen LogP contribution is 2.28. The van der Waals surface area contributed by atoms with Gasteiger partial charge in [0.1, 0.15) is 11.4 Å². The van der Waals surface area contributed by atoms with Gasteiger partial charge in [-0.1, -0.05) is 6.07 Å². The summed E-state index contributed by atoms with van der Waals surface area (Å²) in [5, 5.41) is 2.91. The standard InChI is InChI=1S/C19H21FN2O3/c1-3-25-19(24)18-15(21-14-8-7-12(2)10-13(14)20)11-17(23)22-9-5-4-6-16(18)22/h7-8,10-11,21H,3-6,9H2,1-2H3. The van der Waals surface area contributed by atoms with Gasteiger partial charge in [0.2, 0.25) is 0 Å². The van der Waals surface area contributed by atoms with Gasteiger partial charge < -0.3 is 14.6 Å². The second-order valence-corrected chi connectivity index (χ2v) is 6.16. The van der Waals surface area contributed by atoms with E-state index >= 15 is 0 Å². The van der Waals surface area contributed by atoms with Gasteiger partial charge in [-0.05, 0) is 50.8 Å². The lowest BCUT2D eigenvalue weighted by atomic mass is 10.0. The number of aromatic nitrogens is 1. The van der Waals surface area contributed by atoms with Gasteiger partial charge in [-0.25, -0.2) is 9.18 Å². The molecular formula is C19H21FN2O3. The lowest BCUT2D eigenvalue weighted by Gasteiger charge is -2.23. The van der Waals surface area contributed by atoms with Crippen molar-refractivity contribution in [2.75, 3.05) is 11.9 Å². The van der Waals surface area contributed by atoms with E-state index in [4.69, 9.17) is 4.74 Å². The van der Waals surface area contributed by atoms with Crippen molar-refractivity contribution in [3.8, 4) is 0 Å². The van der Waals surface area contributed by atoms with Crippen LogP contribution in [0.2, 0.25) is 0 Å². The molecule has 25 heavy (non-hydrogen) atoms. The normalized spacial score (nSPS) is 13.2. The number of fused-ring (bicyclic) bond motifs is 1. The molecule has 0 aliphatic carbocycles. The zero-order chi connectivity index (χ0) is 18.0. The minimum absolute atomic E-state index is 0.197. The van der Waals surface area contributed by atoms with Crippen molar-refractivity contribution in [2.24, 2.45) is 0 Å². The number of pyridine rings is 1. The molecule has 5 nitrogen and oxygen atoms in total. The Morgan fingerprint density at radius 3 is 2.80 bits per heavy atom. The van der Waals surface area contributed by atoms with Crippen molar-refractivity contribution in [1.82, 2.24) is 4.57 Å². The zero-order valence-corrected chi connectivity index (χ0v) is 14.4. The van der Waals surface area contributed by atoms with Crippen LogP contribution in [0.5, 0.6) is 0 Å². The third kappa shape index (κ3) is 3.43. The number of carbonyl (C=O) groups is 1. The molecule has 3 rings (SSSR count). The molecule has 0 bridgehead atoms. The molecule has 0 atom stereocenters. The number of ether oxygens (including phenoxy) is 1. The summed E-state index contributed by atoms with van der Waals surface area (Å²) in [5.74, 6) is -0.934. The lowest BCUT2D eigenvalue weighted by Crippen LogP contribution is -2.30. The van der Waals surface area contributed by atoms with Gasteiger partial charge in [0, 0.05) is 18.3 Å². The summed E-state index contributed by atoms with van der Waals surface area (Å²) < 4.78 is 21.0. The molecule has 2 heterocycles. The number of nitrogens with one attached hydrogen (secondary N) is 1. The SMILES string of the molecule is CCOC(=O)c1c(Nc2ccc(C)cc2F)cc(=O)n2c1CCCC2. The molecule has 0 unspecified atom stereocenters.